The van der Waals surface area contributed by atoms with E-state index in [0.717, 1.165) is 37.9 Å². The van der Waals surface area contributed by atoms with E-state index >= 15 is 0 Å². The summed E-state index contributed by atoms with van der Waals surface area (Å²) >= 11 is 0. The molecule has 0 bridgehead atoms. The smallest absolute Gasteiger partial charge is 0.247 e. The number of rotatable bonds is 9. The van der Waals surface area contributed by atoms with Gasteiger partial charge < -0.3 is 20.3 Å². The average Bonchev–Trinajstić information content (AvgIpc) is 3.74. The number of carbonyl (C=O) groups excluding carboxylic acids is 1. The molecule has 3 aliphatic rings. The molecule has 3 aromatic rings. The molecular formula is C30H33F2N7O3. The van der Waals surface area contributed by atoms with Crippen LogP contribution in [0.25, 0.3) is 0 Å². The van der Waals surface area contributed by atoms with Crippen LogP contribution in [0.2, 0.25) is 0 Å². The lowest BCUT2D eigenvalue weighted by Gasteiger charge is -2.37. The summed E-state index contributed by atoms with van der Waals surface area (Å²) in [6.45, 7) is 7.55. The molecule has 2 N–H and O–H groups in total. The molecule has 2 saturated heterocycles. The fourth-order valence-electron chi connectivity index (χ4n) is 5.57. The van der Waals surface area contributed by atoms with Gasteiger partial charge in [-0.25, -0.2) is 23.8 Å². The van der Waals surface area contributed by atoms with Crippen molar-refractivity contribution in [2.45, 2.75) is 31.3 Å². The molecule has 10 nitrogen and oxygen atoms in total. The quantitative estimate of drug-likeness (QED) is 0.348. The van der Waals surface area contributed by atoms with Crippen molar-refractivity contribution < 1.29 is 23.1 Å². The Bertz CT molecular complexity index is 1480. The van der Waals surface area contributed by atoms with Crippen LogP contribution in [0, 0.1) is 11.6 Å². The minimum absolute atomic E-state index is 0.319. The maximum atomic E-state index is 14.6. The number of nitrogens with one attached hydrogen (secondary N) is 2. The molecule has 2 aliphatic heterocycles. The summed E-state index contributed by atoms with van der Waals surface area (Å²) < 4.78 is 33.9. The number of carbonyl (C=O) groups is 1. The molecule has 1 amide bonds. The van der Waals surface area contributed by atoms with E-state index in [0.29, 0.717) is 53.4 Å². The monoisotopic (exact) mass is 577 g/mol. The number of hydroxylamine groups is 1. The Balaban J connectivity index is 1.27. The normalized spacial score (nSPS) is 19.1. The number of piperazine rings is 1. The van der Waals surface area contributed by atoms with Crippen LogP contribution in [-0.2, 0) is 9.63 Å². The third kappa shape index (κ3) is 5.86. The van der Waals surface area contributed by atoms with Gasteiger partial charge in [-0.3, -0.25) is 14.5 Å². The largest absolute Gasteiger partial charge is 0.494 e. The van der Waals surface area contributed by atoms with Gasteiger partial charge in [0.05, 0.1) is 36.8 Å². The van der Waals surface area contributed by atoms with Crippen LogP contribution >= 0.6 is 0 Å². The van der Waals surface area contributed by atoms with E-state index in [4.69, 9.17) is 9.57 Å². The van der Waals surface area contributed by atoms with Gasteiger partial charge in [-0.1, -0.05) is 12.6 Å². The first-order chi connectivity index (χ1) is 20.4. The lowest BCUT2D eigenvalue weighted by Crippen LogP contribution is -2.47. The fourth-order valence-corrected chi connectivity index (χ4v) is 5.57. The van der Waals surface area contributed by atoms with E-state index in [2.05, 4.69) is 37.0 Å². The minimum atomic E-state index is -0.643. The lowest BCUT2D eigenvalue weighted by molar-refractivity contribution is -0.111. The number of hydrogen-bond donors (Lipinski definition) is 2. The zero-order valence-electron chi connectivity index (χ0n) is 23.4. The van der Waals surface area contributed by atoms with E-state index in [-0.39, 0.29) is 5.91 Å². The summed E-state index contributed by atoms with van der Waals surface area (Å²) in [6, 6.07) is 9.14. The molecule has 1 aliphatic carbocycles. The van der Waals surface area contributed by atoms with Crippen molar-refractivity contribution in [3.05, 3.63) is 72.6 Å². The highest BCUT2D eigenvalue weighted by Gasteiger charge is 2.33. The number of nitrogens with zero attached hydrogens (tertiary/aromatic N) is 5. The minimum Gasteiger partial charge on any atom is -0.494 e. The van der Waals surface area contributed by atoms with E-state index < -0.39 is 17.7 Å². The van der Waals surface area contributed by atoms with Crippen molar-refractivity contribution in [3.8, 4) is 5.75 Å². The zero-order chi connectivity index (χ0) is 29.2. The number of ether oxygens (including phenoxy) is 1. The van der Waals surface area contributed by atoms with Gasteiger partial charge in [0.25, 0.3) is 0 Å². The molecule has 1 aromatic heterocycles. The number of hydrogen-bond acceptors (Lipinski definition) is 9. The molecule has 0 spiro atoms. The first kappa shape index (κ1) is 27.9. The van der Waals surface area contributed by atoms with Crippen LogP contribution in [0.5, 0.6) is 5.75 Å². The first-order valence-corrected chi connectivity index (χ1v) is 14.0. The number of anilines is 5. The van der Waals surface area contributed by atoms with Gasteiger partial charge in [0.2, 0.25) is 5.91 Å². The van der Waals surface area contributed by atoms with Gasteiger partial charge in [0.1, 0.15) is 29.5 Å². The topological polar surface area (TPSA) is 95.1 Å². The van der Waals surface area contributed by atoms with E-state index in [1.165, 1.54) is 42.4 Å². The predicted molar refractivity (Wildman–Crippen MR) is 156 cm³/mol. The van der Waals surface area contributed by atoms with Crippen molar-refractivity contribution in [1.82, 2.24) is 14.9 Å². The molecule has 220 valence electrons. The van der Waals surface area contributed by atoms with Gasteiger partial charge >= 0.3 is 0 Å². The molecule has 1 atom stereocenters. The standard InChI is InChI=1S/C30H33F2N7O3/c1-3-30(40)36-23-15-24(27(41-2)16-26(23)38-11-9-37(10-12-38)20-5-6-20)35-28-17-29(34-18-33-28)39-25(8-13-42-39)21-7-4-19(31)14-22(21)32/h3-4,7,14-18,20,25H,1,5-6,8-13H2,2H3,(H,36,40)(H,33,34,35)/t25-/m1/s1. The van der Waals surface area contributed by atoms with Gasteiger partial charge in [0.15, 0.2) is 5.82 Å². The second kappa shape index (κ2) is 11.9. The van der Waals surface area contributed by atoms with Crippen LogP contribution in [0.3, 0.4) is 0 Å². The van der Waals surface area contributed by atoms with Crippen molar-refractivity contribution >= 4 is 34.6 Å². The molecule has 3 fully saturated rings. The number of amides is 1. The summed E-state index contributed by atoms with van der Waals surface area (Å²) in [4.78, 5) is 31.6. The number of benzene rings is 2. The van der Waals surface area contributed by atoms with Crippen LogP contribution in [-0.4, -0.2) is 66.7 Å². The summed E-state index contributed by atoms with van der Waals surface area (Å²) in [5.74, 6) is -0.203. The fraction of sp³-hybridized carbons (Fsp3) is 0.367. The SMILES string of the molecule is C=CC(=O)Nc1cc(Nc2cc(N3OCC[C@@H]3c3ccc(F)cc3F)ncn2)c(OC)cc1N1CCN(C2CC2)CC1. The summed E-state index contributed by atoms with van der Waals surface area (Å²) in [7, 11) is 1.59. The third-order valence-electron chi connectivity index (χ3n) is 7.85. The Morgan fingerprint density at radius 1 is 1.07 bits per heavy atom. The van der Waals surface area contributed by atoms with Gasteiger partial charge in [-0.15, -0.1) is 0 Å². The molecule has 3 heterocycles. The Labute approximate surface area is 242 Å². The highest BCUT2D eigenvalue weighted by atomic mass is 19.1. The molecule has 1 saturated carbocycles. The van der Waals surface area contributed by atoms with E-state index in [9.17, 15) is 13.6 Å². The zero-order valence-corrected chi connectivity index (χ0v) is 23.4. The van der Waals surface area contributed by atoms with Crippen molar-refractivity contribution in [3.63, 3.8) is 0 Å². The predicted octanol–water partition coefficient (Wildman–Crippen LogP) is 4.80. The number of halogens is 2. The van der Waals surface area contributed by atoms with E-state index in [1.807, 2.05) is 12.1 Å². The Morgan fingerprint density at radius 2 is 1.88 bits per heavy atom. The molecule has 6 rings (SSSR count). The number of aromatic nitrogens is 2. The Morgan fingerprint density at radius 3 is 2.60 bits per heavy atom. The molecule has 42 heavy (non-hydrogen) atoms. The van der Waals surface area contributed by atoms with Gasteiger partial charge in [-0.2, -0.15) is 0 Å². The number of methoxy groups -OCH3 is 1. The van der Waals surface area contributed by atoms with Crippen LogP contribution in [0.15, 0.2) is 55.4 Å². The summed E-state index contributed by atoms with van der Waals surface area (Å²) in [5, 5.41) is 7.72. The van der Waals surface area contributed by atoms with Gasteiger partial charge in [-0.05, 0) is 31.1 Å². The Kier molecular flexibility index (Phi) is 7.90. The third-order valence-corrected chi connectivity index (χ3v) is 7.85. The summed E-state index contributed by atoms with van der Waals surface area (Å²) in [5.41, 5.74) is 2.37. The van der Waals surface area contributed by atoms with E-state index in [1.54, 1.807) is 13.2 Å². The first-order valence-electron chi connectivity index (χ1n) is 14.0. The van der Waals surface area contributed by atoms with Crippen molar-refractivity contribution in [2.24, 2.45) is 0 Å². The summed E-state index contributed by atoms with van der Waals surface area (Å²) in [6.07, 6.45) is 5.66. The second-order valence-corrected chi connectivity index (χ2v) is 10.5. The second-order valence-electron chi connectivity index (χ2n) is 10.5. The van der Waals surface area contributed by atoms with Gasteiger partial charge in [0, 0.05) is 62.4 Å². The molecule has 2 aromatic carbocycles. The van der Waals surface area contributed by atoms with Crippen molar-refractivity contribution in [1.29, 1.82) is 0 Å². The maximum Gasteiger partial charge on any atom is 0.247 e. The molecule has 12 heteroatoms. The Hall–Kier alpha value is -4.29. The molecule has 0 unspecified atom stereocenters. The van der Waals surface area contributed by atoms with Crippen LogP contribution in [0.4, 0.5) is 37.5 Å². The molecular weight excluding hydrogens is 544 g/mol. The molecule has 0 radical (unpaired) electrons. The van der Waals surface area contributed by atoms with Crippen LogP contribution in [0.1, 0.15) is 30.9 Å². The lowest BCUT2D eigenvalue weighted by atomic mass is 10.0. The highest BCUT2D eigenvalue weighted by molar-refractivity contribution is 6.02. The maximum absolute atomic E-state index is 14.6. The highest BCUT2D eigenvalue weighted by Crippen LogP contribution is 2.40. The average molecular weight is 578 g/mol. The van der Waals surface area contributed by atoms with Crippen molar-refractivity contribution in [2.75, 3.05) is 60.5 Å². The van der Waals surface area contributed by atoms with Crippen LogP contribution < -0.4 is 25.3 Å².